The van der Waals surface area contributed by atoms with Crippen LogP contribution < -0.4 is 0 Å². The smallest absolute Gasteiger partial charge is 0.411 e. The van der Waals surface area contributed by atoms with Crippen LogP contribution in [-0.2, 0) is 23.8 Å². The van der Waals surface area contributed by atoms with Crippen LogP contribution in [0, 0.1) is 0 Å². The molecule has 0 aromatic rings. The van der Waals surface area contributed by atoms with Crippen LogP contribution in [0.25, 0.3) is 0 Å². The zero-order valence-electron chi connectivity index (χ0n) is 15.5. The van der Waals surface area contributed by atoms with Crippen LogP contribution in [0.15, 0.2) is 11.6 Å². The fraction of sp³-hybridized carbons (Fsp3) is 0.722. The summed E-state index contributed by atoms with van der Waals surface area (Å²) in [6, 6.07) is -0.325. The number of rotatable bonds is 4. The van der Waals surface area contributed by atoms with Crippen molar-refractivity contribution in [3.63, 3.8) is 0 Å². The highest BCUT2D eigenvalue weighted by atomic mass is 16.6. The van der Waals surface area contributed by atoms with Crippen LogP contribution in [0.3, 0.4) is 0 Å². The van der Waals surface area contributed by atoms with Crippen molar-refractivity contribution in [3.8, 4) is 0 Å². The topological polar surface area (TPSA) is 82.1 Å². The van der Waals surface area contributed by atoms with Crippen molar-refractivity contribution in [3.05, 3.63) is 11.6 Å². The molecule has 0 aliphatic carbocycles. The molecule has 0 aromatic heterocycles. The molecule has 2 aliphatic heterocycles. The SMILES string of the molecule is CCOC(=O)[C@H](C)OC(=O)C1=CC[C@@H]2CC[C@H]1N2C(=O)OC(C)(C)C. The largest absolute Gasteiger partial charge is 0.463 e. The molecule has 0 saturated carbocycles. The molecule has 1 amide bonds. The number of fused-ring (bicyclic) bond motifs is 2. The van der Waals surface area contributed by atoms with Crippen molar-refractivity contribution in [1.29, 1.82) is 0 Å². The molecule has 1 saturated heterocycles. The Balaban J connectivity index is 2.07. The van der Waals surface area contributed by atoms with Gasteiger partial charge in [-0.25, -0.2) is 14.4 Å². The molecule has 0 aromatic carbocycles. The second-order valence-corrected chi connectivity index (χ2v) is 7.33. The van der Waals surface area contributed by atoms with E-state index in [1.165, 1.54) is 6.92 Å². The van der Waals surface area contributed by atoms with Crippen LogP contribution in [0.2, 0.25) is 0 Å². The van der Waals surface area contributed by atoms with E-state index in [4.69, 9.17) is 14.2 Å². The van der Waals surface area contributed by atoms with Crippen molar-refractivity contribution in [2.75, 3.05) is 6.61 Å². The highest BCUT2D eigenvalue weighted by Gasteiger charge is 2.45. The van der Waals surface area contributed by atoms with Crippen LogP contribution in [0.5, 0.6) is 0 Å². The standard InChI is InChI=1S/C18H27NO6/c1-6-23-15(20)11(2)24-16(21)13-9-7-12-8-10-14(13)19(12)17(22)25-18(3,4)5/h9,11-12,14H,6-8,10H2,1-5H3/t11-,12+,14+/m0/s1. The predicted octanol–water partition coefficient (Wildman–Crippen LogP) is 2.58. The van der Waals surface area contributed by atoms with Gasteiger partial charge in [0.2, 0.25) is 0 Å². The van der Waals surface area contributed by atoms with Gasteiger partial charge in [-0.3, -0.25) is 4.90 Å². The quantitative estimate of drug-likeness (QED) is 0.571. The minimum Gasteiger partial charge on any atom is -0.463 e. The molecule has 0 unspecified atom stereocenters. The summed E-state index contributed by atoms with van der Waals surface area (Å²) in [5.74, 6) is -1.17. The second-order valence-electron chi connectivity index (χ2n) is 7.33. The molecule has 0 radical (unpaired) electrons. The minimum absolute atomic E-state index is 0.0406. The Labute approximate surface area is 148 Å². The minimum atomic E-state index is -0.984. The van der Waals surface area contributed by atoms with Crippen LogP contribution in [0.4, 0.5) is 4.79 Å². The molecule has 2 aliphatic rings. The normalized spacial score (nSPS) is 23.6. The van der Waals surface area contributed by atoms with Gasteiger partial charge >= 0.3 is 18.0 Å². The van der Waals surface area contributed by atoms with E-state index in [-0.39, 0.29) is 18.7 Å². The first kappa shape index (κ1) is 19.3. The molecule has 7 heteroatoms. The van der Waals surface area contributed by atoms with Gasteiger partial charge in [-0.05, 0) is 53.9 Å². The maximum absolute atomic E-state index is 12.5. The van der Waals surface area contributed by atoms with Gasteiger partial charge in [-0.15, -0.1) is 0 Å². The number of amides is 1. The Hall–Kier alpha value is -2.05. The first-order chi connectivity index (χ1) is 11.6. The molecule has 2 heterocycles. The fourth-order valence-corrected chi connectivity index (χ4v) is 3.17. The van der Waals surface area contributed by atoms with Gasteiger partial charge in [-0.1, -0.05) is 6.08 Å². The summed E-state index contributed by atoms with van der Waals surface area (Å²) >= 11 is 0. The Kier molecular flexibility index (Phi) is 5.75. The molecule has 1 fully saturated rings. The maximum atomic E-state index is 12.5. The molecule has 2 bridgehead atoms. The highest BCUT2D eigenvalue weighted by Crippen LogP contribution is 2.37. The summed E-state index contributed by atoms with van der Waals surface area (Å²) in [7, 11) is 0. The second kappa shape index (κ2) is 7.45. The predicted molar refractivity (Wildman–Crippen MR) is 89.8 cm³/mol. The molecule has 2 rings (SSSR count). The van der Waals surface area contributed by atoms with E-state index in [9.17, 15) is 14.4 Å². The summed E-state index contributed by atoms with van der Waals surface area (Å²) in [6.07, 6.45) is 2.47. The number of esters is 2. The number of carbonyl (C=O) groups excluding carboxylic acids is 3. The Morgan fingerprint density at radius 1 is 1.28 bits per heavy atom. The summed E-state index contributed by atoms with van der Waals surface area (Å²) < 4.78 is 15.5. The van der Waals surface area contributed by atoms with Crippen LogP contribution in [-0.4, -0.2) is 53.3 Å². The van der Waals surface area contributed by atoms with Gasteiger partial charge < -0.3 is 14.2 Å². The van der Waals surface area contributed by atoms with E-state index in [0.29, 0.717) is 18.4 Å². The average Bonchev–Trinajstić information content (AvgIpc) is 2.79. The molecular weight excluding hydrogens is 326 g/mol. The van der Waals surface area contributed by atoms with Crippen molar-refractivity contribution in [2.24, 2.45) is 0 Å². The Bertz CT molecular complexity index is 577. The molecule has 25 heavy (non-hydrogen) atoms. The van der Waals surface area contributed by atoms with Gasteiger partial charge in [0.05, 0.1) is 18.2 Å². The molecule has 7 nitrogen and oxygen atoms in total. The molecule has 3 atom stereocenters. The van der Waals surface area contributed by atoms with Gasteiger partial charge in [0.25, 0.3) is 0 Å². The third kappa shape index (κ3) is 4.52. The van der Waals surface area contributed by atoms with Gasteiger partial charge in [-0.2, -0.15) is 0 Å². The number of carbonyl (C=O) groups is 3. The summed E-state index contributed by atoms with van der Waals surface area (Å²) in [6.45, 7) is 8.81. The third-order valence-corrected chi connectivity index (χ3v) is 4.21. The van der Waals surface area contributed by atoms with Crippen LogP contribution in [0.1, 0.15) is 53.9 Å². The Morgan fingerprint density at radius 3 is 2.56 bits per heavy atom. The van der Waals surface area contributed by atoms with E-state index in [2.05, 4.69) is 0 Å². The maximum Gasteiger partial charge on any atom is 0.411 e. The fourth-order valence-electron chi connectivity index (χ4n) is 3.17. The lowest BCUT2D eigenvalue weighted by molar-refractivity contribution is -0.164. The van der Waals surface area contributed by atoms with Crippen molar-refractivity contribution >= 4 is 18.0 Å². The number of hydrogen-bond acceptors (Lipinski definition) is 6. The monoisotopic (exact) mass is 353 g/mol. The van der Waals surface area contributed by atoms with Crippen LogP contribution >= 0.6 is 0 Å². The zero-order chi connectivity index (χ0) is 18.8. The lowest BCUT2D eigenvalue weighted by Gasteiger charge is -2.35. The van der Waals surface area contributed by atoms with E-state index < -0.39 is 29.7 Å². The van der Waals surface area contributed by atoms with Gasteiger partial charge in [0.1, 0.15) is 5.60 Å². The van der Waals surface area contributed by atoms with E-state index >= 15 is 0 Å². The summed E-state index contributed by atoms with van der Waals surface area (Å²) in [5, 5.41) is 0. The number of hydrogen-bond donors (Lipinski definition) is 0. The zero-order valence-corrected chi connectivity index (χ0v) is 15.5. The summed E-state index contributed by atoms with van der Waals surface area (Å²) in [5.41, 5.74) is -0.188. The first-order valence-corrected chi connectivity index (χ1v) is 8.73. The number of nitrogens with zero attached hydrogens (tertiary/aromatic N) is 1. The van der Waals surface area contributed by atoms with Crippen molar-refractivity contribution < 1.29 is 28.6 Å². The third-order valence-electron chi connectivity index (χ3n) is 4.21. The molecule has 0 N–H and O–H groups in total. The van der Waals surface area contributed by atoms with Gasteiger partial charge in [0.15, 0.2) is 6.10 Å². The van der Waals surface area contributed by atoms with Crippen molar-refractivity contribution in [1.82, 2.24) is 4.90 Å². The van der Waals surface area contributed by atoms with E-state index in [0.717, 1.165) is 6.42 Å². The van der Waals surface area contributed by atoms with E-state index in [1.54, 1.807) is 11.8 Å². The summed E-state index contributed by atoms with van der Waals surface area (Å²) in [4.78, 5) is 38.3. The lowest BCUT2D eigenvalue weighted by atomic mass is 10.0. The molecule has 0 spiro atoms. The Morgan fingerprint density at radius 2 is 1.96 bits per heavy atom. The highest BCUT2D eigenvalue weighted by molar-refractivity contribution is 5.93. The van der Waals surface area contributed by atoms with Gasteiger partial charge in [0, 0.05) is 6.04 Å². The van der Waals surface area contributed by atoms with Crippen molar-refractivity contribution in [2.45, 2.75) is 77.7 Å². The first-order valence-electron chi connectivity index (χ1n) is 8.73. The number of ether oxygens (including phenoxy) is 3. The lowest BCUT2D eigenvalue weighted by Crippen LogP contribution is -2.48. The molecule has 140 valence electrons. The average molecular weight is 353 g/mol. The van der Waals surface area contributed by atoms with E-state index in [1.807, 2.05) is 26.8 Å². The molecular formula is C18H27NO6.